The third-order valence-corrected chi connectivity index (χ3v) is 5.44. The van der Waals surface area contributed by atoms with Gasteiger partial charge in [0, 0.05) is 27.7 Å². The lowest BCUT2D eigenvalue weighted by molar-refractivity contribution is -0.126. The lowest BCUT2D eigenvalue weighted by atomic mass is 9.86. The molecule has 1 aromatic carbocycles. The van der Waals surface area contributed by atoms with Crippen LogP contribution in [0.3, 0.4) is 0 Å². The van der Waals surface area contributed by atoms with Crippen molar-refractivity contribution in [3.05, 3.63) is 38.3 Å². The van der Waals surface area contributed by atoms with Crippen LogP contribution in [0.1, 0.15) is 44.7 Å². The van der Waals surface area contributed by atoms with Gasteiger partial charge in [0.25, 0.3) is 5.91 Å². The minimum absolute atomic E-state index is 0.0655. The van der Waals surface area contributed by atoms with Crippen LogP contribution in [-0.4, -0.2) is 23.4 Å². The van der Waals surface area contributed by atoms with E-state index in [0.717, 1.165) is 39.6 Å². The lowest BCUT2D eigenvalue weighted by Crippen LogP contribution is -2.42. The third kappa shape index (κ3) is 2.55. The molecule has 1 unspecified atom stereocenters. The van der Waals surface area contributed by atoms with Crippen LogP contribution in [0, 0.1) is 6.92 Å². The van der Waals surface area contributed by atoms with Gasteiger partial charge in [-0.2, -0.15) is 0 Å². The van der Waals surface area contributed by atoms with Crippen LogP contribution < -0.4 is 0 Å². The van der Waals surface area contributed by atoms with Crippen molar-refractivity contribution in [3.63, 3.8) is 0 Å². The number of hydrogen-bond acceptors (Lipinski definition) is 1. The van der Waals surface area contributed by atoms with E-state index in [4.69, 9.17) is 11.6 Å². The maximum atomic E-state index is 12.8. The number of rotatable bonds is 3. The number of amides is 1. The fraction of sp³-hybridized carbons (Fsp3) is 0.471. The quantitative estimate of drug-likeness (QED) is 0.714. The highest BCUT2D eigenvalue weighted by Gasteiger charge is 2.44. The Morgan fingerprint density at radius 1 is 1.33 bits per heavy atom. The number of halogens is 2. The van der Waals surface area contributed by atoms with E-state index in [1.165, 1.54) is 0 Å². The van der Waals surface area contributed by atoms with Crippen LogP contribution in [0.15, 0.2) is 22.2 Å². The Bertz CT molecular complexity index is 615. The summed E-state index contributed by atoms with van der Waals surface area (Å²) >= 11 is 9.88. The van der Waals surface area contributed by atoms with E-state index in [2.05, 4.69) is 36.7 Å². The highest BCUT2D eigenvalue weighted by molar-refractivity contribution is 9.10. The molecule has 1 amide bonds. The van der Waals surface area contributed by atoms with Crippen LogP contribution in [0.25, 0.3) is 5.57 Å². The predicted molar refractivity (Wildman–Crippen MR) is 92.6 cm³/mol. The van der Waals surface area contributed by atoms with Gasteiger partial charge in [0.2, 0.25) is 0 Å². The van der Waals surface area contributed by atoms with Crippen LogP contribution in [0.4, 0.5) is 0 Å². The van der Waals surface area contributed by atoms with Crippen molar-refractivity contribution in [2.75, 3.05) is 7.05 Å². The van der Waals surface area contributed by atoms with Gasteiger partial charge in [-0.3, -0.25) is 4.79 Å². The first-order valence-corrected chi connectivity index (χ1v) is 8.36. The van der Waals surface area contributed by atoms with Crippen molar-refractivity contribution in [2.45, 2.75) is 46.1 Å². The van der Waals surface area contributed by atoms with Gasteiger partial charge in [-0.25, -0.2) is 0 Å². The Kier molecular flexibility index (Phi) is 4.55. The van der Waals surface area contributed by atoms with E-state index in [1.54, 1.807) is 0 Å². The van der Waals surface area contributed by atoms with Gasteiger partial charge >= 0.3 is 0 Å². The molecule has 0 aliphatic carbocycles. The molecule has 1 aliphatic rings. The molecule has 0 fully saturated rings. The van der Waals surface area contributed by atoms with Crippen molar-refractivity contribution >= 4 is 39.0 Å². The molecule has 2 rings (SSSR count). The normalized spacial score (nSPS) is 22.4. The molecule has 0 spiro atoms. The summed E-state index contributed by atoms with van der Waals surface area (Å²) in [5, 5.41) is 0.624. The second kappa shape index (κ2) is 5.77. The number of carbonyl (C=O) groups is 1. The molecule has 0 bridgehead atoms. The van der Waals surface area contributed by atoms with Gasteiger partial charge in [-0.1, -0.05) is 40.9 Å². The summed E-state index contributed by atoms with van der Waals surface area (Å²) in [6, 6.07) is 3.86. The molecule has 2 nitrogen and oxygen atoms in total. The molecule has 0 N–H and O–H groups in total. The number of likely N-dealkylation sites (N-methyl/N-ethyl adjacent to an activating group) is 1. The number of nitrogens with zero attached hydrogens (tertiary/aromatic N) is 1. The first kappa shape index (κ1) is 16.6. The van der Waals surface area contributed by atoms with Crippen LogP contribution in [0.2, 0.25) is 5.02 Å². The summed E-state index contributed by atoms with van der Waals surface area (Å²) in [5.41, 5.74) is 3.55. The van der Waals surface area contributed by atoms with E-state index in [1.807, 2.05) is 31.0 Å². The third-order valence-electron chi connectivity index (χ3n) is 4.68. The molecule has 0 saturated heterocycles. The molecule has 0 saturated carbocycles. The Labute approximate surface area is 140 Å². The number of benzene rings is 1. The van der Waals surface area contributed by atoms with Gasteiger partial charge < -0.3 is 4.90 Å². The molecule has 4 heteroatoms. The van der Waals surface area contributed by atoms with E-state index >= 15 is 0 Å². The first-order chi connectivity index (χ1) is 9.74. The maximum Gasteiger partial charge on any atom is 0.255 e. The van der Waals surface area contributed by atoms with Crippen molar-refractivity contribution in [1.29, 1.82) is 0 Å². The summed E-state index contributed by atoms with van der Waals surface area (Å²) in [6.45, 7) is 8.34. The minimum atomic E-state index is -0.218. The van der Waals surface area contributed by atoms with Crippen molar-refractivity contribution in [2.24, 2.45) is 0 Å². The maximum absolute atomic E-state index is 12.8. The lowest BCUT2D eigenvalue weighted by Gasteiger charge is -2.34. The Hall–Kier alpha value is -0.800. The van der Waals surface area contributed by atoms with Crippen LogP contribution in [0.5, 0.6) is 0 Å². The monoisotopic (exact) mass is 369 g/mol. The summed E-state index contributed by atoms with van der Waals surface area (Å²) in [4.78, 5) is 14.7. The average Bonchev–Trinajstić information content (AvgIpc) is 2.54. The zero-order valence-corrected chi connectivity index (χ0v) is 15.5. The topological polar surface area (TPSA) is 20.3 Å². The van der Waals surface area contributed by atoms with Gasteiger partial charge in [-0.05, 0) is 50.5 Å². The Morgan fingerprint density at radius 2 is 1.95 bits per heavy atom. The largest absolute Gasteiger partial charge is 0.333 e. The number of carbonyl (C=O) groups excluding carboxylic acids is 1. The second-order valence-corrected chi connectivity index (χ2v) is 7.29. The molecule has 0 radical (unpaired) electrons. The van der Waals surface area contributed by atoms with Crippen LogP contribution in [-0.2, 0) is 4.79 Å². The van der Waals surface area contributed by atoms with Gasteiger partial charge in [0.05, 0.1) is 5.54 Å². The standard InChI is InChI=1S/C17H21BrClNO/c1-6-7-17(4)11(3)15(16(21)20(17)5)14-10(2)8-12(18)9-13(14)19/h8-9H,6-7H2,1-5H3. The van der Waals surface area contributed by atoms with Gasteiger partial charge in [-0.15, -0.1) is 0 Å². The number of aryl methyl sites for hydroxylation is 1. The summed E-state index contributed by atoms with van der Waals surface area (Å²) < 4.78 is 0.933. The molecule has 0 aromatic heterocycles. The Morgan fingerprint density at radius 3 is 2.48 bits per heavy atom. The predicted octanol–water partition coefficient (Wildman–Crippen LogP) is 5.22. The second-order valence-electron chi connectivity index (χ2n) is 5.97. The van der Waals surface area contributed by atoms with E-state index < -0.39 is 0 Å². The molecule has 1 atom stereocenters. The van der Waals surface area contributed by atoms with Crippen molar-refractivity contribution in [1.82, 2.24) is 4.90 Å². The summed E-state index contributed by atoms with van der Waals surface area (Å²) in [6.07, 6.45) is 1.99. The molecule has 1 heterocycles. The fourth-order valence-electron chi connectivity index (χ4n) is 3.23. The molecule has 114 valence electrons. The van der Waals surface area contributed by atoms with E-state index in [0.29, 0.717) is 5.02 Å². The smallest absolute Gasteiger partial charge is 0.255 e. The zero-order chi connectivity index (χ0) is 15.9. The number of hydrogen-bond donors (Lipinski definition) is 0. The SMILES string of the molecule is CCCC1(C)C(C)=C(c2c(C)cc(Br)cc2Cl)C(=O)N1C. The highest BCUT2D eigenvalue weighted by atomic mass is 79.9. The zero-order valence-electron chi connectivity index (χ0n) is 13.2. The van der Waals surface area contributed by atoms with Crippen molar-refractivity contribution < 1.29 is 4.79 Å². The van der Waals surface area contributed by atoms with Crippen LogP contribution >= 0.6 is 27.5 Å². The highest BCUT2D eigenvalue weighted by Crippen LogP contribution is 2.44. The summed E-state index contributed by atoms with van der Waals surface area (Å²) in [7, 11) is 1.89. The fourth-order valence-corrected chi connectivity index (χ4v) is 4.29. The van der Waals surface area contributed by atoms with Gasteiger partial charge in [0.15, 0.2) is 0 Å². The minimum Gasteiger partial charge on any atom is -0.333 e. The molecule has 1 aliphatic heterocycles. The first-order valence-electron chi connectivity index (χ1n) is 7.19. The molecular weight excluding hydrogens is 350 g/mol. The average molecular weight is 371 g/mol. The molecular formula is C17H21BrClNO. The van der Waals surface area contributed by atoms with E-state index in [9.17, 15) is 4.79 Å². The van der Waals surface area contributed by atoms with Crippen molar-refractivity contribution in [3.8, 4) is 0 Å². The molecule has 1 aromatic rings. The van der Waals surface area contributed by atoms with E-state index in [-0.39, 0.29) is 11.4 Å². The Balaban J connectivity index is 2.68. The summed E-state index contributed by atoms with van der Waals surface area (Å²) in [5.74, 6) is 0.0655. The van der Waals surface area contributed by atoms with Gasteiger partial charge in [0.1, 0.15) is 0 Å². The molecule has 21 heavy (non-hydrogen) atoms.